The summed E-state index contributed by atoms with van der Waals surface area (Å²) in [6, 6.07) is 0. The van der Waals surface area contributed by atoms with Gasteiger partial charge < -0.3 is 14.9 Å². The highest BCUT2D eigenvalue weighted by Gasteiger charge is 2.59. The Bertz CT molecular complexity index is 851. The summed E-state index contributed by atoms with van der Waals surface area (Å²) >= 11 is 0. The van der Waals surface area contributed by atoms with Crippen molar-refractivity contribution in [1.29, 1.82) is 0 Å². The van der Waals surface area contributed by atoms with Crippen LogP contribution in [0.5, 0.6) is 0 Å². The van der Waals surface area contributed by atoms with Crippen molar-refractivity contribution >= 4 is 6.29 Å². The second kappa shape index (κ2) is 12.8. The zero-order valence-corrected chi connectivity index (χ0v) is 22.2. The number of carbonyl (C=O) groups excluding carboxylic acids is 1. The highest BCUT2D eigenvalue weighted by Crippen LogP contribution is 2.58. The Morgan fingerprint density at radius 3 is 2.59 bits per heavy atom. The van der Waals surface area contributed by atoms with E-state index in [0.717, 1.165) is 48.7 Å². The number of aliphatic hydroxyl groups is 2. The van der Waals surface area contributed by atoms with E-state index in [-0.39, 0.29) is 18.6 Å². The maximum atomic E-state index is 11.6. The summed E-state index contributed by atoms with van der Waals surface area (Å²) in [5.74, 6) is 0.0363. The molecule has 4 unspecified atom stereocenters. The van der Waals surface area contributed by atoms with Crippen molar-refractivity contribution in [3.05, 3.63) is 58.2 Å². The van der Waals surface area contributed by atoms with Crippen molar-refractivity contribution in [2.45, 2.75) is 98.2 Å². The summed E-state index contributed by atoms with van der Waals surface area (Å²) in [7, 11) is 0. The lowest BCUT2D eigenvalue weighted by Gasteiger charge is -2.52. The van der Waals surface area contributed by atoms with E-state index >= 15 is 0 Å². The molecule has 1 aliphatic carbocycles. The Morgan fingerprint density at radius 2 is 1.94 bits per heavy atom. The number of rotatable bonds is 10. The van der Waals surface area contributed by atoms with E-state index in [4.69, 9.17) is 4.74 Å². The first-order valence-electron chi connectivity index (χ1n) is 12.8. The highest BCUT2D eigenvalue weighted by molar-refractivity contribution is 5.74. The van der Waals surface area contributed by atoms with Crippen molar-refractivity contribution in [3.8, 4) is 0 Å². The lowest BCUT2D eigenvalue weighted by atomic mass is 9.54. The number of ether oxygens (including phenoxy) is 1. The van der Waals surface area contributed by atoms with E-state index in [0.29, 0.717) is 25.9 Å². The summed E-state index contributed by atoms with van der Waals surface area (Å²) < 4.78 is 6.26. The predicted octanol–water partition coefficient (Wildman–Crippen LogP) is 6.41. The Balaban J connectivity index is 2.19. The third kappa shape index (κ3) is 7.13. The molecule has 2 rings (SSSR count). The van der Waals surface area contributed by atoms with Gasteiger partial charge in [-0.2, -0.15) is 0 Å². The number of hydrogen-bond acceptors (Lipinski definition) is 4. The van der Waals surface area contributed by atoms with E-state index < -0.39 is 11.0 Å². The maximum Gasteiger partial charge on any atom is 0.145 e. The van der Waals surface area contributed by atoms with Crippen LogP contribution in [0.4, 0.5) is 0 Å². The quantitative estimate of drug-likeness (QED) is 0.168. The molecule has 0 amide bonds. The molecule has 1 saturated heterocycles. The van der Waals surface area contributed by atoms with E-state index in [1.54, 1.807) is 0 Å². The molecule has 0 aromatic heterocycles. The zero-order chi connectivity index (χ0) is 25.4. The molecule has 0 bridgehead atoms. The molecule has 1 aliphatic heterocycles. The number of hydrogen-bond donors (Lipinski definition) is 2. The van der Waals surface area contributed by atoms with Gasteiger partial charge in [0.2, 0.25) is 0 Å². The molecule has 4 nitrogen and oxygen atoms in total. The van der Waals surface area contributed by atoms with Gasteiger partial charge in [-0.3, -0.25) is 4.79 Å². The molecule has 0 aromatic rings. The molecule has 1 heterocycles. The van der Waals surface area contributed by atoms with Gasteiger partial charge in [-0.25, -0.2) is 0 Å². The van der Waals surface area contributed by atoms with Crippen LogP contribution in [0.25, 0.3) is 0 Å². The number of aldehydes is 1. The smallest absolute Gasteiger partial charge is 0.145 e. The molecular weight excluding hydrogens is 424 g/mol. The van der Waals surface area contributed by atoms with Crippen LogP contribution in [0, 0.1) is 11.3 Å². The number of carbonyl (C=O) groups is 1. The zero-order valence-electron chi connectivity index (χ0n) is 22.2. The van der Waals surface area contributed by atoms with Gasteiger partial charge in [0.15, 0.2) is 0 Å². The van der Waals surface area contributed by atoms with Crippen LogP contribution >= 0.6 is 0 Å². The standard InChI is InChI=1S/C30H46O4/c1-22(2)10-7-11-23(3)12-8-13-24(4)18-26-19-30(21-34-26)28(14-9-17-31)27(25(5)20-32)15-16-29(30,6)33/h8,10,12-13,18,20,26,28,31,33H,7,9,11,14-17,19,21H2,1-6H3. The predicted molar refractivity (Wildman–Crippen MR) is 141 cm³/mol. The summed E-state index contributed by atoms with van der Waals surface area (Å²) in [6.45, 7) is 12.9. The van der Waals surface area contributed by atoms with Crippen LogP contribution in [0.1, 0.15) is 86.5 Å². The first kappa shape index (κ1) is 28.5. The largest absolute Gasteiger partial charge is 0.396 e. The molecule has 4 atom stereocenters. The summed E-state index contributed by atoms with van der Waals surface area (Å²) in [4.78, 5) is 11.6. The lowest BCUT2D eigenvalue weighted by molar-refractivity contribution is -0.121. The first-order chi connectivity index (χ1) is 16.1. The molecule has 2 N–H and O–H groups in total. The van der Waals surface area contributed by atoms with Gasteiger partial charge in [0.05, 0.1) is 18.3 Å². The van der Waals surface area contributed by atoms with Gasteiger partial charge in [0.1, 0.15) is 6.29 Å². The van der Waals surface area contributed by atoms with Gasteiger partial charge in [0, 0.05) is 12.0 Å². The minimum Gasteiger partial charge on any atom is -0.396 e. The topological polar surface area (TPSA) is 66.8 Å². The minimum atomic E-state index is -0.878. The SMILES string of the molecule is CC(C)=CCCC(C)=CC=CC(C)=CC1CC2(CO1)C(CCCO)C(=C(C)C=O)CCC2(C)O. The van der Waals surface area contributed by atoms with Gasteiger partial charge in [0.25, 0.3) is 0 Å². The maximum absolute atomic E-state index is 11.6. The van der Waals surface area contributed by atoms with Crippen molar-refractivity contribution in [1.82, 2.24) is 0 Å². The molecule has 0 radical (unpaired) electrons. The van der Waals surface area contributed by atoms with Crippen LogP contribution in [-0.4, -0.2) is 41.4 Å². The van der Waals surface area contributed by atoms with Gasteiger partial charge >= 0.3 is 0 Å². The van der Waals surface area contributed by atoms with Crippen LogP contribution in [0.2, 0.25) is 0 Å². The first-order valence-corrected chi connectivity index (χ1v) is 12.8. The van der Waals surface area contributed by atoms with Crippen molar-refractivity contribution < 1.29 is 19.7 Å². The normalized spacial score (nSPS) is 31.9. The Morgan fingerprint density at radius 1 is 1.21 bits per heavy atom. The summed E-state index contributed by atoms with van der Waals surface area (Å²) in [5, 5.41) is 21.0. The average Bonchev–Trinajstić information content (AvgIpc) is 3.19. The second-order valence-electron chi connectivity index (χ2n) is 10.8. The molecule has 34 heavy (non-hydrogen) atoms. The average molecular weight is 471 g/mol. The monoisotopic (exact) mass is 470 g/mol. The fraction of sp³-hybridized carbons (Fsp3) is 0.633. The molecular formula is C30H46O4. The van der Waals surface area contributed by atoms with Crippen molar-refractivity contribution in [2.75, 3.05) is 13.2 Å². The number of allylic oxidation sites excluding steroid dienone is 9. The van der Waals surface area contributed by atoms with Crippen LogP contribution in [0.3, 0.4) is 0 Å². The van der Waals surface area contributed by atoms with Crippen LogP contribution in [0.15, 0.2) is 58.2 Å². The van der Waals surface area contributed by atoms with Crippen molar-refractivity contribution in [3.63, 3.8) is 0 Å². The number of aliphatic hydroxyl groups excluding tert-OH is 1. The second-order valence-corrected chi connectivity index (χ2v) is 10.8. The summed E-state index contributed by atoms with van der Waals surface area (Å²) in [5.41, 5.74) is 4.42. The third-order valence-electron chi connectivity index (χ3n) is 7.78. The molecule has 190 valence electrons. The van der Waals surface area contributed by atoms with E-state index in [1.165, 1.54) is 11.1 Å². The molecule has 4 heteroatoms. The lowest BCUT2D eigenvalue weighted by Crippen LogP contribution is -2.55. The van der Waals surface area contributed by atoms with Crippen LogP contribution < -0.4 is 0 Å². The van der Waals surface area contributed by atoms with E-state index in [2.05, 4.69) is 58.1 Å². The van der Waals surface area contributed by atoms with Gasteiger partial charge in [-0.15, -0.1) is 0 Å². The molecule has 0 aromatic carbocycles. The third-order valence-corrected chi connectivity index (χ3v) is 7.78. The highest BCUT2D eigenvalue weighted by atomic mass is 16.5. The molecule has 2 aliphatic rings. The fourth-order valence-corrected chi connectivity index (χ4v) is 5.65. The van der Waals surface area contributed by atoms with Gasteiger partial charge in [-0.1, -0.05) is 52.7 Å². The van der Waals surface area contributed by atoms with E-state index in [1.807, 2.05) is 13.8 Å². The Hall–Kier alpha value is -1.75. The fourth-order valence-electron chi connectivity index (χ4n) is 5.65. The Labute approximate surface area is 207 Å². The van der Waals surface area contributed by atoms with Crippen LogP contribution in [-0.2, 0) is 9.53 Å². The minimum absolute atomic E-state index is 0.0363. The molecule has 1 spiro atoms. The molecule has 1 saturated carbocycles. The van der Waals surface area contributed by atoms with Crippen molar-refractivity contribution in [2.24, 2.45) is 11.3 Å². The summed E-state index contributed by atoms with van der Waals surface area (Å²) in [6.07, 6.45) is 17.3. The molecule has 2 fully saturated rings. The van der Waals surface area contributed by atoms with Gasteiger partial charge in [-0.05, 0) is 98.0 Å². The Kier molecular flexibility index (Phi) is 10.7. The van der Waals surface area contributed by atoms with E-state index in [9.17, 15) is 15.0 Å².